The lowest BCUT2D eigenvalue weighted by Crippen LogP contribution is -2.64. The van der Waals surface area contributed by atoms with Crippen LogP contribution in [0.25, 0.3) is 0 Å². The molecule has 28 heavy (non-hydrogen) atoms. The van der Waals surface area contributed by atoms with Crippen LogP contribution in [0.3, 0.4) is 0 Å². The number of anilines is 1. The summed E-state index contributed by atoms with van der Waals surface area (Å²) >= 11 is 0. The lowest BCUT2D eigenvalue weighted by molar-refractivity contribution is -0.122. The van der Waals surface area contributed by atoms with Crippen LogP contribution in [-0.4, -0.2) is 41.2 Å². The van der Waals surface area contributed by atoms with Gasteiger partial charge in [0.05, 0.1) is 11.7 Å². The molecule has 0 bridgehead atoms. The van der Waals surface area contributed by atoms with Gasteiger partial charge in [-0.3, -0.25) is 9.59 Å². The highest BCUT2D eigenvalue weighted by Crippen LogP contribution is 2.30. The molecule has 0 saturated carbocycles. The SMILES string of the molecule is CC(=O)c1cccc(N2C(=O)[C@H]3NCC[C@H]3N(Cc3cccc(F)c3)C2=O)c1. The van der Waals surface area contributed by atoms with E-state index in [1.54, 1.807) is 41.3 Å². The van der Waals surface area contributed by atoms with Gasteiger partial charge in [0, 0.05) is 12.1 Å². The summed E-state index contributed by atoms with van der Waals surface area (Å²) in [5.74, 6) is -0.846. The Morgan fingerprint density at radius 1 is 1.18 bits per heavy atom. The molecule has 0 aromatic heterocycles. The van der Waals surface area contributed by atoms with E-state index in [1.165, 1.54) is 19.1 Å². The van der Waals surface area contributed by atoms with Gasteiger partial charge in [-0.05, 0) is 49.7 Å². The van der Waals surface area contributed by atoms with E-state index in [1.807, 2.05) is 0 Å². The molecule has 2 saturated heterocycles. The van der Waals surface area contributed by atoms with Gasteiger partial charge < -0.3 is 10.2 Å². The minimum Gasteiger partial charge on any atom is -0.315 e. The molecule has 2 fully saturated rings. The van der Waals surface area contributed by atoms with Crippen molar-refractivity contribution in [3.05, 3.63) is 65.5 Å². The molecule has 2 aromatic rings. The molecule has 4 rings (SSSR count). The third-order valence-corrected chi connectivity index (χ3v) is 5.27. The molecule has 2 atom stereocenters. The highest BCUT2D eigenvalue weighted by atomic mass is 19.1. The molecule has 0 spiro atoms. The molecule has 2 aliphatic heterocycles. The topological polar surface area (TPSA) is 69.7 Å². The van der Waals surface area contributed by atoms with Gasteiger partial charge >= 0.3 is 6.03 Å². The highest BCUT2D eigenvalue weighted by Gasteiger charge is 2.48. The summed E-state index contributed by atoms with van der Waals surface area (Å²) in [5, 5.41) is 3.17. The van der Waals surface area contributed by atoms with Crippen LogP contribution in [0, 0.1) is 5.82 Å². The number of hydrogen-bond donors (Lipinski definition) is 1. The zero-order chi connectivity index (χ0) is 19.8. The number of imide groups is 1. The normalized spacial score (nSPS) is 21.8. The number of urea groups is 1. The first-order chi connectivity index (χ1) is 13.5. The van der Waals surface area contributed by atoms with Crippen molar-refractivity contribution in [1.82, 2.24) is 10.2 Å². The average molecular weight is 381 g/mol. The Labute approximate surface area is 161 Å². The first kappa shape index (κ1) is 18.3. The zero-order valence-electron chi connectivity index (χ0n) is 15.4. The van der Waals surface area contributed by atoms with Crippen molar-refractivity contribution in [3.63, 3.8) is 0 Å². The van der Waals surface area contributed by atoms with Crippen molar-refractivity contribution >= 4 is 23.4 Å². The number of Topliss-reactive ketones (excluding diaryl/α,β-unsaturated/α-hetero) is 1. The van der Waals surface area contributed by atoms with Crippen LogP contribution in [0.15, 0.2) is 48.5 Å². The molecule has 0 aliphatic carbocycles. The van der Waals surface area contributed by atoms with Crippen LogP contribution < -0.4 is 10.2 Å². The Hall–Kier alpha value is -3.06. The largest absolute Gasteiger partial charge is 0.332 e. The quantitative estimate of drug-likeness (QED) is 0.827. The lowest BCUT2D eigenvalue weighted by Gasteiger charge is -2.41. The van der Waals surface area contributed by atoms with Crippen LogP contribution >= 0.6 is 0 Å². The predicted molar refractivity (Wildman–Crippen MR) is 101 cm³/mol. The highest BCUT2D eigenvalue weighted by molar-refractivity contribution is 6.18. The zero-order valence-corrected chi connectivity index (χ0v) is 15.4. The fourth-order valence-electron chi connectivity index (χ4n) is 3.90. The molecule has 144 valence electrons. The Morgan fingerprint density at radius 2 is 1.96 bits per heavy atom. The van der Waals surface area contributed by atoms with Crippen molar-refractivity contribution in [1.29, 1.82) is 0 Å². The van der Waals surface area contributed by atoms with Crippen LogP contribution in [0.2, 0.25) is 0 Å². The number of hydrogen-bond acceptors (Lipinski definition) is 4. The lowest BCUT2D eigenvalue weighted by atomic mass is 10.0. The summed E-state index contributed by atoms with van der Waals surface area (Å²) in [6, 6.07) is 11.3. The molecule has 2 aliphatic rings. The molecule has 0 unspecified atom stereocenters. The second-order valence-corrected chi connectivity index (χ2v) is 7.11. The number of amides is 3. The third-order valence-electron chi connectivity index (χ3n) is 5.27. The molecule has 2 heterocycles. The molecule has 2 aromatic carbocycles. The van der Waals surface area contributed by atoms with Crippen LogP contribution in [0.5, 0.6) is 0 Å². The number of benzene rings is 2. The van der Waals surface area contributed by atoms with Gasteiger partial charge in [0.15, 0.2) is 5.78 Å². The van der Waals surface area contributed by atoms with Gasteiger partial charge in [0.25, 0.3) is 5.91 Å². The third kappa shape index (κ3) is 3.18. The summed E-state index contributed by atoms with van der Waals surface area (Å²) < 4.78 is 13.6. The van der Waals surface area contributed by atoms with E-state index in [-0.39, 0.29) is 30.1 Å². The second-order valence-electron chi connectivity index (χ2n) is 7.11. The number of halogens is 1. The first-order valence-corrected chi connectivity index (χ1v) is 9.19. The van der Waals surface area contributed by atoms with Crippen molar-refractivity contribution in [2.24, 2.45) is 0 Å². The van der Waals surface area contributed by atoms with Gasteiger partial charge in [-0.2, -0.15) is 0 Å². The fourth-order valence-corrected chi connectivity index (χ4v) is 3.90. The molecule has 3 amide bonds. The number of carbonyl (C=O) groups excluding carboxylic acids is 3. The van der Waals surface area contributed by atoms with E-state index in [0.29, 0.717) is 29.8 Å². The van der Waals surface area contributed by atoms with E-state index < -0.39 is 12.1 Å². The molecular formula is C21H20FN3O3. The van der Waals surface area contributed by atoms with Gasteiger partial charge in [-0.15, -0.1) is 0 Å². The molecule has 0 radical (unpaired) electrons. The van der Waals surface area contributed by atoms with Crippen molar-refractivity contribution in [2.45, 2.75) is 32.0 Å². The smallest absolute Gasteiger partial charge is 0.315 e. The number of rotatable bonds is 4. The monoisotopic (exact) mass is 381 g/mol. The molecule has 7 heteroatoms. The maximum Gasteiger partial charge on any atom is 0.332 e. The van der Waals surface area contributed by atoms with Crippen molar-refractivity contribution < 1.29 is 18.8 Å². The van der Waals surface area contributed by atoms with Gasteiger partial charge in [0.2, 0.25) is 0 Å². The van der Waals surface area contributed by atoms with E-state index in [9.17, 15) is 18.8 Å². The fraction of sp³-hybridized carbons (Fsp3) is 0.286. The van der Waals surface area contributed by atoms with Crippen molar-refractivity contribution in [3.8, 4) is 0 Å². The summed E-state index contributed by atoms with van der Waals surface area (Å²) in [4.78, 5) is 40.7. The molecule has 6 nitrogen and oxygen atoms in total. The van der Waals surface area contributed by atoms with E-state index in [4.69, 9.17) is 0 Å². The summed E-state index contributed by atoms with van der Waals surface area (Å²) in [7, 11) is 0. The minimum atomic E-state index is -0.521. The standard InChI is InChI=1S/C21H20FN3O3/c1-13(26)15-5-3-7-17(11-15)25-20(27)19-18(8-9-23-19)24(21(25)28)12-14-4-2-6-16(22)10-14/h2-7,10-11,18-19,23H,8-9,12H2,1H3/t18-,19+/m1/s1. The summed E-state index contributed by atoms with van der Waals surface area (Å²) in [6.07, 6.45) is 0.652. The van der Waals surface area contributed by atoms with E-state index in [2.05, 4.69) is 5.32 Å². The second kappa shape index (κ2) is 7.16. The molecule has 1 N–H and O–H groups in total. The van der Waals surface area contributed by atoms with Crippen LogP contribution in [0.1, 0.15) is 29.3 Å². The van der Waals surface area contributed by atoms with Crippen LogP contribution in [-0.2, 0) is 11.3 Å². The first-order valence-electron chi connectivity index (χ1n) is 9.19. The Morgan fingerprint density at radius 3 is 2.71 bits per heavy atom. The number of nitrogens with one attached hydrogen (secondary N) is 1. The van der Waals surface area contributed by atoms with Gasteiger partial charge in [-0.25, -0.2) is 14.1 Å². The predicted octanol–water partition coefficient (Wildman–Crippen LogP) is 2.73. The number of nitrogens with zero attached hydrogens (tertiary/aromatic N) is 2. The van der Waals surface area contributed by atoms with Crippen molar-refractivity contribution in [2.75, 3.05) is 11.4 Å². The Bertz CT molecular complexity index is 961. The Kier molecular flexibility index (Phi) is 4.68. The van der Waals surface area contributed by atoms with E-state index >= 15 is 0 Å². The number of fused-ring (bicyclic) bond motifs is 1. The average Bonchev–Trinajstić information content (AvgIpc) is 3.16. The van der Waals surface area contributed by atoms with Crippen LogP contribution in [0.4, 0.5) is 14.9 Å². The number of ketones is 1. The van der Waals surface area contributed by atoms with Gasteiger partial charge in [0.1, 0.15) is 11.9 Å². The number of carbonyl (C=O) groups is 3. The summed E-state index contributed by atoms with van der Waals surface area (Å²) in [5.41, 5.74) is 1.45. The maximum absolute atomic E-state index is 13.6. The maximum atomic E-state index is 13.6. The Balaban J connectivity index is 1.71. The van der Waals surface area contributed by atoms with Gasteiger partial charge in [-0.1, -0.05) is 24.3 Å². The van der Waals surface area contributed by atoms with E-state index in [0.717, 1.165) is 4.90 Å². The molecular weight excluding hydrogens is 361 g/mol. The summed E-state index contributed by atoms with van der Waals surface area (Å²) in [6.45, 7) is 2.26. The minimum absolute atomic E-state index is 0.146.